The Kier molecular flexibility index (Phi) is 5.29. The molecule has 24 heavy (non-hydrogen) atoms. The van der Waals surface area contributed by atoms with Crippen molar-refractivity contribution >= 4 is 5.91 Å². The molecule has 0 unspecified atom stereocenters. The van der Waals surface area contributed by atoms with Gasteiger partial charge in [-0.1, -0.05) is 13.0 Å². The molecule has 2 aliphatic rings. The smallest absolute Gasteiger partial charge is 0.231 e. The van der Waals surface area contributed by atoms with Crippen molar-refractivity contribution in [3.8, 4) is 11.5 Å². The average molecular weight is 333 g/mol. The van der Waals surface area contributed by atoms with Crippen LogP contribution in [0.15, 0.2) is 18.2 Å². The summed E-state index contributed by atoms with van der Waals surface area (Å²) < 4.78 is 10.8. The van der Waals surface area contributed by atoms with Gasteiger partial charge in [-0.25, -0.2) is 0 Å². The Hall–Kier alpha value is -1.75. The fourth-order valence-electron chi connectivity index (χ4n) is 3.68. The summed E-state index contributed by atoms with van der Waals surface area (Å²) in [7, 11) is 0. The minimum atomic E-state index is 0.0958. The first-order valence-corrected chi connectivity index (χ1v) is 8.87. The van der Waals surface area contributed by atoms with Gasteiger partial charge in [0.15, 0.2) is 11.5 Å². The molecule has 0 aromatic heterocycles. The lowest BCUT2D eigenvalue weighted by Gasteiger charge is -2.40. The summed E-state index contributed by atoms with van der Waals surface area (Å²) in [4.78, 5) is 14.2. The molecule has 1 N–H and O–H groups in total. The summed E-state index contributed by atoms with van der Waals surface area (Å²) in [6, 6.07) is 6.14. The third kappa shape index (κ3) is 4.01. The van der Waals surface area contributed by atoms with Gasteiger partial charge in [-0.05, 0) is 55.2 Å². The zero-order valence-electron chi connectivity index (χ0n) is 14.4. The van der Waals surface area contributed by atoms with Crippen molar-refractivity contribution in [2.75, 3.05) is 26.5 Å². The molecule has 1 atom stereocenters. The van der Waals surface area contributed by atoms with E-state index in [4.69, 9.17) is 14.6 Å². The number of amides is 1. The number of carbonyl (C=O) groups is 1. The van der Waals surface area contributed by atoms with E-state index < -0.39 is 0 Å². The number of likely N-dealkylation sites (tertiary alicyclic amines) is 1. The van der Waals surface area contributed by atoms with Crippen molar-refractivity contribution < 1.29 is 19.4 Å². The van der Waals surface area contributed by atoms with Crippen molar-refractivity contribution in [1.82, 2.24) is 4.90 Å². The van der Waals surface area contributed by atoms with Gasteiger partial charge in [0.2, 0.25) is 12.7 Å². The molecule has 0 spiro atoms. The van der Waals surface area contributed by atoms with E-state index in [0.29, 0.717) is 13.2 Å². The van der Waals surface area contributed by atoms with Crippen LogP contribution in [0.2, 0.25) is 0 Å². The molecule has 5 heteroatoms. The first-order valence-electron chi connectivity index (χ1n) is 8.87. The second-order valence-electron chi connectivity index (χ2n) is 7.27. The summed E-state index contributed by atoms with van der Waals surface area (Å²) in [6.45, 7) is 4.40. The highest BCUT2D eigenvalue weighted by Crippen LogP contribution is 2.37. The molecule has 5 nitrogen and oxygen atoms in total. The van der Waals surface area contributed by atoms with Gasteiger partial charge < -0.3 is 19.5 Å². The normalized spacial score (nSPS) is 22.9. The van der Waals surface area contributed by atoms with Gasteiger partial charge in [0.05, 0.1) is 0 Å². The monoisotopic (exact) mass is 333 g/mol. The second kappa shape index (κ2) is 7.43. The van der Waals surface area contributed by atoms with E-state index in [9.17, 15) is 4.79 Å². The first kappa shape index (κ1) is 17.1. The number of unbranched alkanes of at least 4 members (excludes halogenated alkanes) is 2. The molecule has 0 radical (unpaired) electrons. The minimum absolute atomic E-state index is 0.0958. The van der Waals surface area contributed by atoms with Crippen LogP contribution in [0.1, 0.15) is 44.6 Å². The van der Waals surface area contributed by atoms with E-state index >= 15 is 0 Å². The number of fused-ring (bicyclic) bond motifs is 1. The van der Waals surface area contributed by atoms with Crippen LogP contribution < -0.4 is 9.47 Å². The SMILES string of the molecule is C[C@@]1(Cc2ccc3c(c2)OCO3)CCC(=O)N(CCCCCO)C1. The van der Waals surface area contributed by atoms with Crippen LogP contribution in [0.3, 0.4) is 0 Å². The maximum atomic E-state index is 12.2. The average Bonchev–Trinajstić information content (AvgIpc) is 3.02. The number of rotatable bonds is 7. The van der Waals surface area contributed by atoms with Crippen LogP contribution >= 0.6 is 0 Å². The quantitative estimate of drug-likeness (QED) is 0.780. The topological polar surface area (TPSA) is 59.0 Å². The standard InChI is InChI=1S/C19H27NO4/c1-19(12-15-5-6-16-17(11-15)24-14-23-16)8-7-18(22)20(13-19)9-3-2-4-10-21/h5-6,11,21H,2-4,7-10,12-14H2,1H3/t19-/m0/s1. The number of hydrogen-bond acceptors (Lipinski definition) is 4. The Morgan fingerprint density at radius 2 is 2.04 bits per heavy atom. The predicted octanol–water partition coefficient (Wildman–Crippen LogP) is 2.75. The number of aliphatic hydroxyl groups excluding tert-OH is 1. The van der Waals surface area contributed by atoms with E-state index in [1.165, 1.54) is 5.56 Å². The van der Waals surface area contributed by atoms with E-state index in [0.717, 1.165) is 56.7 Å². The van der Waals surface area contributed by atoms with Crippen LogP contribution in [0.25, 0.3) is 0 Å². The molecule has 132 valence electrons. The number of nitrogens with zero attached hydrogens (tertiary/aromatic N) is 1. The number of benzene rings is 1. The summed E-state index contributed by atoms with van der Waals surface area (Å²) in [5, 5.41) is 8.87. The predicted molar refractivity (Wildman–Crippen MR) is 91.1 cm³/mol. The zero-order valence-corrected chi connectivity index (χ0v) is 14.4. The lowest BCUT2D eigenvalue weighted by molar-refractivity contribution is -0.137. The molecule has 0 saturated carbocycles. The third-order valence-corrected chi connectivity index (χ3v) is 5.02. The van der Waals surface area contributed by atoms with E-state index in [1.807, 2.05) is 11.0 Å². The van der Waals surface area contributed by atoms with Gasteiger partial charge in [0.1, 0.15) is 0 Å². The van der Waals surface area contributed by atoms with Crippen LogP contribution in [0.4, 0.5) is 0 Å². The molecular weight excluding hydrogens is 306 g/mol. The molecule has 0 aliphatic carbocycles. The number of ether oxygens (including phenoxy) is 2. The van der Waals surface area contributed by atoms with Crippen LogP contribution in [-0.2, 0) is 11.2 Å². The summed E-state index contributed by atoms with van der Waals surface area (Å²) in [5.74, 6) is 1.90. The van der Waals surface area contributed by atoms with Gasteiger partial charge in [-0.15, -0.1) is 0 Å². The Labute approximate surface area is 143 Å². The Bertz CT molecular complexity index is 589. The minimum Gasteiger partial charge on any atom is -0.454 e. The molecule has 1 aromatic rings. The van der Waals surface area contributed by atoms with Gasteiger partial charge in [0, 0.05) is 26.1 Å². The summed E-state index contributed by atoms with van der Waals surface area (Å²) in [5.41, 5.74) is 1.33. The van der Waals surface area contributed by atoms with E-state index in [-0.39, 0.29) is 17.9 Å². The molecule has 1 aromatic carbocycles. The molecule has 0 bridgehead atoms. The molecule has 1 fully saturated rings. The highest BCUT2D eigenvalue weighted by Gasteiger charge is 2.35. The maximum Gasteiger partial charge on any atom is 0.231 e. The second-order valence-corrected chi connectivity index (χ2v) is 7.27. The third-order valence-electron chi connectivity index (χ3n) is 5.02. The molecule has 3 rings (SSSR count). The lowest BCUT2D eigenvalue weighted by atomic mass is 9.76. The first-order chi connectivity index (χ1) is 11.6. The molecule has 1 saturated heterocycles. The highest BCUT2D eigenvalue weighted by atomic mass is 16.7. The van der Waals surface area contributed by atoms with E-state index in [2.05, 4.69) is 19.1 Å². The van der Waals surface area contributed by atoms with Crippen molar-refractivity contribution in [2.24, 2.45) is 5.41 Å². The van der Waals surface area contributed by atoms with Crippen molar-refractivity contribution in [3.05, 3.63) is 23.8 Å². The Morgan fingerprint density at radius 1 is 1.21 bits per heavy atom. The number of aliphatic hydroxyl groups is 1. The summed E-state index contributed by atoms with van der Waals surface area (Å²) >= 11 is 0. The van der Waals surface area contributed by atoms with Gasteiger partial charge in [-0.2, -0.15) is 0 Å². The number of hydrogen-bond donors (Lipinski definition) is 1. The highest BCUT2D eigenvalue weighted by molar-refractivity contribution is 5.77. The molecule has 2 heterocycles. The fraction of sp³-hybridized carbons (Fsp3) is 0.632. The lowest BCUT2D eigenvalue weighted by Crippen LogP contribution is -2.46. The van der Waals surface area contributed by atoms with Crippen LogP contribution in [0, 0.1) is 5.41 Å². The maximum absolute atomic E-state index is 12.2. The van der Waals surface area contributed by atoms with Gasteiger partial charge in [-0.3, -0.25) is 4.79 Å². The number of piperidine rings is 1. The molecule has 2 aliphatic heterocycles. The largest absolute Gasteiger partial charge is 0.454 e. The van der Waals surface area contributed by atoms with Crippen molar-refractivity contribution in [3.63, 3.8) is 0 Å². The zero-order chi connectivity index (χ0) is 17.0. The van der Waals surface area contributed by atoms with Crippen molar-refractivity contribution in [1.29, 1.82) is 0 Å². The van der Waals surface area contributed by atoms with Gasteiger partial charge >= 0.3 is 0 Å². The van der Waals surface area contributed by atoms with Crippen molar-refractivity contribution in [2.45, 2.75) is 45.4 Å². The van der Waals surface area contributed by atoms with Gasteiger partial charge in [0.25, 0.3) is 0 Å². The Balaban J connectivity index is 1.60. The Morgan fingerprint density at radius 3 is 2.88 bits per heavy atom. The molecular formula is C19H27NO4. The fourth-order valence-corrected chi connectivity index (χ4v) is 3.68. The number of carbonyl (C=O) groups excluding carboxylic acids is 1. The van der Waals surface area contributed by atoms with Crippen LogP contribution in [-0.4, -0.2) is 42.4 Å². The van der Waals surface area contributed by atoms with E-state index in [1.54, 1.807) is 0 Å². The molecule has 1 amide bonds. The van der Waals surface area contributed by atoms with Crippen LogP contribution in [0.5, 0.6) is 11.5 Å². The summed E-state index contributed by atoms with van der Waals surface area (Å²) in [6.07, 6.45) is 5.24.